The van der Waals surface area contributed by atoms with Crippen LogP contribution in [0, 0.1) is 13.8 Å². The first kappa shape index (κ1) is 26.8. The van der Waals surface area contributed by atoms with Crippen molar-refractivity contribution in [3.8, 4) is 0 Å². The molecule has 0 radical (unpaired) electrons. The summed E-state index contributed by atoms with van der Waals surface area (Å²) in [6, 6.07) is 4.10. The first-order valence-corrected chi connectivity index (χ1v) is 12.3. The van der Waals surface area contributed by atoms with Crippen molar-refractivity contribution in [1.82, 2.24) is 9.55 Å². The Morgan fingerprint density at radius 1 is 1.11 bits per heavy atom. The zero-order chi connectivity index (χ0) is 27.1. The predicted molar refractivity (Wildman–Crippen MR) is 127 cm³/mol. The SMILES string of the molecule is Cc1sc2nc(SCC(=O)Nc3cc(C(F)(F)F)cc(C(F)(F)F)c3)n(Cc3ccco3)c(=O)c2c1C. The fourth-order valence-electron chi connectivity index (χ4n) is 3.47. The van der Waals surface area contributed by atoms with E-state index in [9.17, 15) is 35.9 Å². The highest BCUT2D eigenvalue weighted by Gasteiger charge is 2.37. The Hall–Kier alpha value is -3.26. The monoisotopic (exact) mass is 561 g/mol. The van der Waals surface area contributed by atoms with Crippen LogP contribution < -0.4 is 10.9 Å². The van der Waals surface area contributed by atoms with Crippen molar-refractivity contribution in [3.05, 3.63) is 74.3 Å². The highest BCUT2D eigenvalue weighted by atomic mass is 32.2. The number of nitrogens with zero attached hydrogens (tertiary/aromatic N) is 2. The number of nitrogens with one attached hydrogen (secondary N) is 1. The summed E-state index contributed by atoms with van der Waals surface area (Å²) in [5.41, 5.74) is -3.35. The van der Waals surface area contributed by atoms with Gasteiger partial charge in [-0.25, -0.2) is 4.98 Å². The van der Waals surface area contributed by atoms with E-state index >= 15 is 0 Å². The highest BCUT2D eigenvalue weighted by molar-refractivity contribution is 7.99. The maximum absolute atomic E-state index is 13.3. The summed E-state index contributed by atoms with van der Waals surface area (Å²) >= 11 is 2.11. The molecule has 0 atom stereocenters. The van der Waals surface area contributed by atoms with E-state index in [1.807, 2.05) is 6.92 Å². The summed E-state index contributed by atoms with van der Waals surface area (Å²) in [5.74, 6) is -0.866. The molecule has 1 amide bonds. The zero-order valence-corrected chi connectivity index (χ0v) is 20.7. The number of hydrogen-bond acceptors (Lipinski definition) is 6. The van der Waals surface area contributed by atoms with Crippen LogP contribution in [0.5, 0.6) is 0 Å². The number of aromatic nitrogens is 2. The van der Waals surface area contributed by atoms with Crippen LogP contribution in [0.15, 0.2) is 51.0 Å². The topological polar surface area (TPSA) is 77.1 Å². The summed E-state index contributed by atoms with van der Waals surface area (Å²) in [7, 11) is 0. The van der Waals surface area contributed by atoms with Crippen molar-refractivity contribution < 1.29 is 35.6 Å². The van der Waals surface area contributed by atoms with Gasteiger partial charge in [0.05, 0.1) is 35.1 Å². The summed E-state index contributed by atoms with van der Waals surface area (Å²) in [4.78, 5) is 31.6. The number of rotatable bonds is 6. The number of carbonyl (C=O) groups excluding carboxylic acids is 1. The molecule has 6 nitrogen and oxygen atoms in total. The number of benzene rings is 1. The quantitative estimate of drug-likeness (QED) is 0.166. The zero-order valence-electron chi connectivity index (χ0n) is 19.1. The third kappa shape index (κ3) is 5.85. The number of furan rings is 1. The van der Waals surface area contributed by atoms with E-state index in [1.54, 1.807) is 19.1 Å². The lowest BCUT2D eigenvalue weighted by atomic mass is 10.1. The van der Waals surface area contributed by atoms with Crippen molar-refractivity contribution in [2.75, 3.05) is 11.1 Å². The van der Waals surface area contributed by atoms with Crippen LogP contribution in [-0.2, 0) is 23.7 Å². The molecule has 0 aliphatic heterocycles. The molecular weight excluding hydrogens is 544 g/mol. The van der Waals surface area contributed by atoms with Gasteiger partial charge in [-0.15, -0.1) is 11.3 Å². The molecule has 0 unspecified atom stereocenters. The Morgan fingerprint density at radius 3 is 2.32 bits per heavy atom. The van der Waals surface area contributed by atoms with E-state index in [1.165, 1.54) is 22.2 Å². The Morgan fingerprint density at radius 2 is 1.76 bits per heavy atom. The highest BCUT2D eigenvalue weighted by Crippen LogP contribution is 2.37. The van der Waals surface area contributed by atoms with Crippen molar-refractivity contribution in [2.24, 2.45) is 0 Å². The lowest BCUT2D eigenvalue weighted by molar-refractivity contribution is -0.143. The standard InChI is InChI=1S/C23H17F6N3O3S2/c1-11-12(2)37-19-18(11)20(34)32(9-16-4-3-5-35-16)21(31-19)36-10-17(33)30-15-7-13(22(24,25)26)6-14(8-15)23(27,28)29/h3-8H,9-10H2,1-2H3,(H,30,33). The molecule has 0 aliphatic carbocycles. The van der Waals surface area contributed by atoms with Crippen molar-refractivity contribution in [1.29, 1.82) is 0 Å². The molecule has 0 saturated heterocycles. The van der Waals surface area contributed by atoms with Gasteiger partial charge < -0.3 is 9.73 Å². The molecule has 196 valence electrons. The van der Waals surface area contributed by atoms with Crippen molar-refractivity contribution in [2.45, 2.75) is 37.9 Å². The Kier molecular flexibility index (Phi) is 7.16. The summed E-state index contributed by atoms with van der Waals surface area (Å²) < 4.78 is 85.3. The summed E-state index contributed by atoms with van der Waals surface area (Å²) in [6.45, 7) is 3.64. The molecule has 14 heteroatoms. The molecule has 0 saturated carbocycles. The minimum absolute atomic E-state index is 0.00955. The summed E-state index contributed by atoms with van der Waals surface area (Å²) in [5, 5.41) is 2.64. The lowest BCUT2D eigenvalue weighted by Crippen LogP contribution is -2.24. The molecule has 0 spiro atoms. The molecule has 4 aromatic rings. The Labute approximate surface area is 213 Å². The average molecular weight is 562 g/mol. The van der Waals surface area contributed by atoms with Crippen molar-refractivity contribution in [3.63, 3.8) is 0 Å². The third-order valence-electron chi connectivity index (χ3n) is 5.35. The largest absolute Gasteiger partial charge is 0.467 e. The maximum Gasteiger partial charge on any atom is 0.416 e. The van der Waals surface area contributed by atoms with E-state index in [2.05, 4.69) is 10.3 Å². The molecule has 3 aromatic heterocycles. The number of fused-ring (bicyclic) bond motifs is 1. The molecule has 0 fully saturated rings. The number of carbonyl (C=O) groups is 1. The molecule has 37 heavy (non-hydrogen) atoms. The van der Waals surface area contributed by atoms with Gasteiger partial charge in [-0.1, -0.05) is 11.8 Å². The normalized spacial score (nSPS) is 12.3. The molecule has 3 heterocycles. The second kappa shape index (κ2) is 9.89. The molecule has 4 rings (SSSR count). The van der Waals surface area contributed by atoms with Crippen LogP contribution in [0.3, 0.4) is 0 Å². The number of aryl methyl sites for hydroxylation is 2. The number of hydrogen-bond donors (Lipinski definition) is 1. The average Bonchev–Trinajstić information content (AvgIpc) is 3.41. The van der Waals surface area contributed by atoms with Crippen LogP contribution >= 0.6 is 23.1 Å². The second-order valence-electron chi connectivity index (χ2n) is 7.96. The molecule has 1 N–H and O–H groups in total. The van der Waals surface area contributed by atoms with E-state index in [-0.39, 0.29) is 23.3 Å². The first-order valence-electron chi connectivity index (χ1n) is 10.5. The van der Waals surface area contributed by atoms with Gasteiger partial charge in [0.1, 0.15) is 10.6 Å². The number of thioether (sulfide) groups is 1. The van der Waals surface area contributed by atoms with Crippen LogP contribution in [-0.4, -0.2) is 21.2 Å². The lowest BCUT2D eigenvalue weighted by Gasteiger charge is -2.15. The van der Waals surface area contributed by atoms with Gasteiger partial charge in [0, 0.05) is 10.6 Å². The third-order valence-corrected chi connectivity index (χ3v) is 7.43. The van der Waals surface area contributed by atoms with E-state index in [4.69, 9.17) is 4.42 Å². The molecule has 1 aromatic carbocycles. The predicted octanol–water partition coefficient (Wildman–Crippen LogP) is 6.48. The molecular formula is C23H17F6N3O3S2. The van der Waals surface area contributed by atoms with Gasteiger partial charge in [0.2, 0.25) is 5.91 Å². The minimum Gasteiger partial charge on any atom is -0.467 e. The van der Waals surface area contributed by atoms with E-state index in [0.29, 0.717) is 28.1 Å². The first-order chi connectivity index (χ1) is 17.2. The maximum atomic E-state index is 13.3. The molecule has 0 bridgehead atoms. The minimum atomic E-state index is -5.05. The van der Waals surface area contributed by atoms with Crippen LogP contribution in [0.4, 0.5) is 32.0 Å². The van der Waals surface area contributed by atoms with Gasteiger partial charge in [0.25, 0.3) is 5.56 Å². The fourth-order valence-corrected chi connectivity index (χ4v) is 5.34. The van der Waals surface area contributed by atoms with Gasteiger partial charge in [-0.2, -0.15) is 26.3 Å². The van der Waals surface area contributed by atoms with Crippen LogP contribution in [0.1, 0.15) is 27.3 Å². The number of alkyl halides is 6. The number of thiophene rings is 1. The van der Waals surface area contributed by atoms with Gasteiger partial charge in [0.15, 0.2) is 5.16 Å². The Bertz CT molecular complexity index is 1490. The number of amides is 1. The molecule has 0 aliphatic rings. The van der Waals surface area contributed by atoms with Crippen molar-refractivity contribution >= 4 is 44.9 Å². The smallest absolute Gasteiger partial charge is 0.416 e. The van der Waals surface area contributed by atoms with Gasteiger partial charge in [-0.3, -0.25) is 14.2 Å². The van der Waals surface area contributed by atoms with Gasteiger partial charge >= 0.3 is 12.4 Å². The number of anilines is 1. The summed E-state index contributed by atoms with van der Waals surface area (Å²) in [6.07, 6.45) is -8.67. The van der Waals surface area contributed by atoms with E-state index < -0.39 is 40.8 Å². The van der Waals surface area contributed by atoms with E-state index in [0.717, 1.165) is 22.2 Å². The van der Waals surface area contributed by atoms with Crippen LogP contribution in [0.2, 0.25) is 0 Å². The van der Waals surface area contributed by atoms with Gasteiger partial charge in [-0.05, 0) is 49.7 Å². The number of halogens is 6. The fraction of sp³-hybridized carbons (Fsp3) is 0.261. The second-order valence-corrected chi connectivity index (χ2v) is 10.1. The Balaban J connectivity index is 1.62. The van der Waals surface area contributed by atoms with Crippen LogP contribution in [0.25, 0.3) is 10.2 Å².